The lowest BCUT2D eigenvalue weighted by molar-refractivity contribution is -0.505. The molecule has 5 heteroatoms. The highest BCUT2D eigenvalue weighted by Crippen LogP contribution is 2.13. The van der Waals surface area contributed by atoms with Crippen LogP contribution in [-0.2, 0) is 7.05 Å². The first-order valence-electron chi connectivity index (χ1n) is 6.20. The van der Waals surface area contributed by atoms with Crippen LogP contribution < -0.4 is 9.72 Å². The summed E-state index contributed by atoms with van der Waals surface area (Å²) < 4.78 is 3.93. The summed E-state index contributed by atoms with van der Waals surface area (Å²) in [7, 11) is 1.93. The number of aryl methyl sites for hydroxylation is 3. The highest BCUT2D eigenvalue weighted by atomic mass is 15.4. The van der Waals surface area contributed by atoms with Gasteiger partial charge in [0.15, 0.2) is 0 Å². The van der Waals surface area contributed by atoms with Crippen LogP contribution in [-0.4, -0.2) is 14.8 Å². The minimum atomic E-state index is 0.798. The highest BCUT2D eigenvalue weighted by molar-refractivity contribution is 5.52. The van der Waals surface area contributed by atoms with Crippen molar-refractivity contribution in [2.45, 2.75) is 13.8 Å². The largest absolute Gasteiger partial charge is 0.387 e. The first kappa shape index (κ1) is 11.6. The van der Waals surface area contributed by atoms with Gasteiger partial charge in [0, 0.05) is 5.10 Å². The van der Waals surface area contributed by atoms with Crippen LogP contribution >= 0.6 is 0 Å². The van der Waals surface area contributed by atoms with E-state index in [0.717, 1.165) is 28.7 Å². The smallest absolute Gasteiger partial charge is 0.260 e. The van der Waals surface area contributed by atoms with Crippen LogP contribution in [0.5, 0.6) is 0 Å². The van der Waals surface area contributed by atoms with Crippen molar-refractivity contribution in [3.63, 3.8) is 0 Å². The predicted octanol–water partition coefficient (Wildman–Crippen LogP) is 1.91. The third-order valence-electron chi connectivity index (χ3n) is 3.13. The fourth-order valence-corrected chi connectivity index (χ4v) is 2.25. The molecule has 0 amide bonds. The van der Waals surface area contributed by atoms with Gasteiger partial charge in [-0.2, -0.15) is 4.40 Å². The molecule has 3 aromatic rings. The monoisotopic (exact) mass is 254 g/mol. The lowest BCUT2D eigenvalue weighted by atomic mass is 10.3. The molecule has 0 saturated carbocycles. The number of nitrogens with zero attached hydrogens (tertiary/aromatic N) is 4. The quantitative estimate of drug-likeness (QED) is 0.711. The van der Waals surface area contributed by atoms with Crippen LogP contribution in [0.2, 0.25) is 0 Å². The number of rotatable bonds is 2. The average molecular weight is 254 g/mol. The Labute approximate surface area is 111 Å². The molecule has 0 saturated heterocycles. The van der Waals surface area contributed by atoms with E-state index in [2.05, 4.69) is 19.8 Å². The molecule has 2 aromatic heterocycles. The topological polar surface area (TPSA) is 46.8 Å². The summed E-state index contributed by atoms with van der Waals surface area (Å²) in [6.45, 7) is 4.01. The van der Waals surface area contributed by atoms with Crippen molar-refractivity contribution in [1.29, 1.82) is 0 Å². The zero-order valence-electron chi connectivity index (χ0n) is 11.3. The number of para-hydroxylation sites is 1. The summed E-state index contributed by atoms with van der Waals surface area (Å²) in [4.78, 5) is 4.38. The molecule has 1 N–H and O–H groups in total. The van der Waals surface area contributed by atoms with E-state index in [1.54, 1.807) is 0 Å². The third kappa shape index (κ3) is 1.93. The Bertz CT molecular complexity index is 730. The maximum absolute atomic E-state index is 4.54. The van der Waals surface area contributed by atoms with Crippen LogP contribution in [0.4, 0.5) is 11.6 Å². The summed E-state index contributed by atoms with van der Waals surface area (Å²) in [5.74, 6) is 0.798. The fourth-order valence-electron chi connectivity index (χ4n) is 2.25. The van der Waals surface area contributed by atoms with E-state index in [1.165, 1.54) is 0 Å². The Balaban J connectivity index is 2.17. The molecule has 2 heterocycles. The van der Waals surface area contributed by atoms with Crippen molar-refractivity contribution in [2.75, 3.05) is 5.32 Å². The van der Waals surface area contributed by atoms with Crippen molar-refractivity contribution in [3.8, 4) is 0 Å². The van der Waals surface area contributed by atoms with Crippen LogP contribution in [0.15, 0.2) is 36.5 Å². The van der Waals surface area contributed by atoms with Gasteiger partial charge in [-0.25, -0.2) is 0 Å². The minimum absolute atomic E-state index is 0.798. The van der Waals surface area contributed by atoms with Gasteiger partial charge in [-0.1, -0.05) is 18.2 Å². The van der Waals surface area contributed by atoms with Crippen molar-refractivity contribution in [1.82, 2.24) is 14.8 Å². The van der Waals surface area contributed by atoms with Crippen molar-refractivity contribution >= 4 is 17.3 Å². The number of fused-ring (bicyclic) bond motifs is 1. The van der Waals surface area contributed by atoms with Crippen molar-refractivity contribution in [2.24, 2.45) is 7.05 Å². The second-order valence-electron chi connectivity index (χ2n) is 4.58. The number of benzene rings is 1. The van der Waals surface area contributed by atoms with E-state index in [1.807, 2.05) is 62.1 Å². The van der Waals surface area contributed by atoms with Gasteiger partial charge in [-0.3, -0.25) is 10.3 Å². The minimum Gasteiger partial charge on any atom is -0.260 e. The molecule has 0 bridgehead atoms. The first-order chi connectivity index (χ1) is 9.16. The number of nitrogens with one attached hydrogen (secondary N) is 1. The zero-order chi connectivity index (χ0) is 13.4. The molecule has 0 atom stereocenters. The predicted molar refractivity (Wildman–Crippen MR) is 73.4 cm³/mol. The van der Waals surface area contributed by atoms with E-state index in [0.29, 0.717) is 0 Å². The van der Waals surface area contributed by atoms with Gasteiger partial charge in [-0.05, 0) is 26.0 Å². The maximum Gasteiger partial charge on any atom is 0.387 e. The molecular formula is C14H16N5+. The molecule has 0 unspecified atom stereocenters. The van der Waals surface area contributed by atoms with E-state index in [4.69, 9.17) is 0 Å². The number of hydrogen-bond acceptors (Lipinski definition) is 3. The van der Waals surface area contributed by atoms with Crippen LogP contribution in [0.1, 0.15) is 11.4 Å². The van der Waals surface area contributed by atoms with E-state index in [-0.39, 0.29) is 0 Å². The van der Waals surface area contributed by atoms with Crippen LogP contribution in [0, 0.1) is 13.8 Å². The Morgan fingerprint density at radius 1 is 1.16 bits per heavy atom. The fraction of sp³-hybridized carbons (Fsp3) is 0.214. The van der Waals surface area contributed by atoms with Gasteiger partial charge >= 0.3 is 5.95 Å². The third-order valence-corrected chi connectivity index (χ3v) is 3.13. The van der Waals surface area contributed by atoms with Gasteiger partial charge in [0.25, 0.3) is 5.65 Å². The highest BCUT2D eigenvalue weighted by Gasteiger charge is 2.20. The average Bonchev–Trinajstić information content (AvgIpc) is 2.73. The molecule has 0 aliphatic carbocycles. The molecule has 0 aliphatic heterocycles. The van der Waals surface area contributed by atoms with Crippen LogP contribution in [0.3, 0.4) is 0 Å². The summed E-state index contributed by atoms with van der Waals surface area (Å²) in [5, 5.41) is 7.87. The molecule has 0 aliphatic rings. The number of aromatic nitrogens is 4. The second-order valence-corrected chi connectivity index (χ2v) is 4.58. The Morgan fingerprint density at radius 3 is 2.63 bits per heavy atom. The lowest BCUT2D eigenvalue weighted by Crippen LogP contribution is -2.29. The van der Waals surface area contributed by atoms with E-state index >= 15 is 0 Å². The maximum atomic E-state index is 4.54. The molecule has 0 fully saturated rings. The van der Waals surface area contributed by atoms with Crippen molar-refractivity contribution in [3.05, 3.63) is 47.9 Å². The lowest BCUT2D eigenvalue weighted by Gasteiger charge is -2.01. The summed E-state index contributed by atoms with van der Waals surface area (Å²) >= 11 is 0. The number of hydrogen-bond donors (Lipinski definition) is 1. The second kappa shape index (κ2) is 4.35. The molecule has 96 valence electrons. The Hall–Kier alpha value is -2.43. The summed E-state index contributed by atoms with van der Waals surface area (Å²) in [5.41, 5.74) is 4.02. The normalized spacial score (nSPS) is 10.9. The van der Waals surface area contributed by atoms with E-state index in [9.17, 15) is 0 Å². The molecule has 19 heavy (non-hydrogen) atoms. The van der Waals surface area contributed by atoms with Gasteiger partial charge < -0.3 is 0 Å². The van der Waals surface area contributed by atoms with Gasteiger partial charge in [0.05, 0.1) is 24.6 Å². The first-order valence-corrected chi connectivity index (χ1v) is 6.20. The van der Waals surface area contributed by atoms with Crippen LogP contribution in [0.25, 0.3) is 5.65 Å². The SMILES string of the molecule is Cc1ncc(C)[n+]2c(Nc3ccccc3)nn(C)c12. The molecule has 0 spiro atoms. The van der Waals surface area contributed by atoms with Crippen molar-refractivity contribution < 1.29 is 4.40 Å². The summed E-state index contributed by atoms with van der Waals surface area (Å²) in [6.07, 6.45) is 1.86. The Kier molecular flexibility index (Phi) is 2.67. The van der Waals surface area contributed by atoms with Gasteiger partial charge in [0.2, 0.25) is 0 Å². The molecule has 1 aromatic carbocycles. The van der Waals surface area contributed by atoms with Gasteiger partial charge in [0.1, 0.15) is 5.69 Å². The standard InChI is InChI=1S/C14H16N5/c1-10-9-15-11(2)13-18(3)17-14(19(10)13)16-12-7-5-4-6-8-12/h4-9H,1-3H3,(H,16,17)/q+1. The molecular weight excluding hydrogens is 238 g/mol. The molecule has 5 nitrogen and oxygen atoms in total. The zero-order valence-corrected chi connectivity index (χ0v) is 11.3. The van der Waals surface area contributed by atoms with E-state index < -0.39 is 0 Å². The van der Waals surface area contributed by atoms with Gasteiger partial charge in [-0.15, -0.1) is 4.68 Å². The number of anilines is 2. The molecule has 3 rings (SSSR count). The molecule has 0 radical (unpaired) electrons. The Morgan fingerprint density at radius 2 is 1.89 bits per heavy atom. The summed E-state index contributed by atoms with van der Waals surface area (Å²) in [6, 6.07) is 10.0.